The van der Waals surface area contributed by atoms with Crippen LogP contribution in [0.15, 0.2) is 79.4 Å². The summed E-state index contributed by atoms with van der Waals surface area (Å²) in [6, 6.07) is 19.0. The third kappa shape index (κ3) is 6.29. The summed E-state index contributed by atoms with van der Waals surface area (Å²) in [6.45, 7) is 7.49. The van der Waals surface area contributed by atoms with Gasteiger partial charge < -0.3 is 14.9 Å². The number of imidazole rings is 2. The average molecular weight is 524 g/mol. The summed E-state index contributed by atoms with van der Waals surface area (Å²) in [5, 5.41) is 0. The molecule has 2 aliphatic rings. The number of carbonyl (C=O) groups excluding carboxylic acids is 1. The Balaban J connectivity index is 1.03. The summed E-state index contributed by atoms with van der Waals surface area (Å²) in [7, 11) is 0. The van der Waals surface area contributed by atoms with Gasteiger partial charge in [0.2, 0.25) is 0 Å². The van der Waals surface area contributed by atoms with Gasteiger partial charge in [-0.3, -0.25) is 14.6 Å². The van der Waals surface area contributed by atoms with E-state index in [1.165, 1.54) is 50.0 Å². The smallest absolute Gasteiger partial charge is 0.254 e. The fourth-order valence-corrected chi connectivity index (χ4v) is 6.12. The van der Waals surface area contributed by atoms with E-state index in [9.17, 15) is 4.79 Å². The Morgan fingerprint density at radius 3 is 1.92 bits per heavy atom. The van der Waals surface area contributed by atoms with Crippen LogP contribution in [0, 0.1) is 5.41 Å². The molecule has 8 nitrogen and oxygen atoms in total. The Labute approximate surface area is 230 Å². The number of aromatic amines is 2. The van der Waals surface area contributed by atoms with E-state index in [0.717, 1.165) is 31.3 Å². The molecule has 4 aromatic rings. The number of nitrogens with one attached hydrogen (secondary N) is 2. The van der Waals surface area contributed by atoms with Gasteiger partial charge in [0.05, 0.1) is 13.1 Å². The van der Waals surface area contributed by atoms with Crippen LogP contribution >= 0.6 is 0 Å². The minimum absolute atomic E-state index is 0.0308. The molecule has 4 heterocycles. The SMILES string of the molecule is O=C(c1ccc(CN2CCC3(CCN(Cc4ccccc4)CC3)C2)cc1)N(Cc1ncc[nH]1)Cc1ncc[nH]1. The summed E-state index contributed by atoms with van der Waals surface area (Å²) in [5.74, 6) is 1.47. The second-order valence-electron chi connectivity index (χ2n) is 11.2. The van der Waals surface area contributed by atoms with Crippen LogP contribution in [-0.4, -0.2) is 66.7 Å². The normalized spacial score (nSPS) is 17.5. The molecule has 2 aromatic heterocycles. The van der Waals surface area contributed by atoms with Crippen LogP contribution in [0.25, 0.3) is 0 Å². The first-order chi connectivity index (χ1) is 19.1. The fourth-order valence-electron chi connectivity index (χ4n) is 6.12. The van der Waals surface area contributed by atoms with Gasteiger partial charge in [0, 0.05) is 50.0 Å². The molecule has 6 rings (SSSR count). The van der Waals surface area contributed by atoms with Crippen LogP contribution in [0.3, 0.4) is 0 Å². The Morgan fingerprint density at radius 1 is 0.769 bits per heavy atom. The van der Waals surface area contributed by atoms with E-state index in [1.807, 2.05) is 12.1 Å². The minimum atomic E-state index is -0.0308. The van der Waals surface area contributed by atoms with Gasteiger partial charge in [-0.1, -0.05) is 42.5 Å². The maximum absolute atomic E-state index is 13.4. The van der Waals surface area contributed by atoms with Crippen LogP contribution in [0.4, 0.5) is 0 Å². The third-order valence-corrected chi connectivity index (χ3v) is 8.37. The third-order valence-electron chi connectivity index (χ3n) is 8.37. The summed E-state index contributed by atoms with van der Waals surface area (Å²) < 4.78 is 0. The van der Waals surface area contributed by atoms with Crippen LogP contribution in [0.1, 0.15) is 52.4 Å². The highest BCUT2D eigenvalue weighted by molar-refractivity contribution is 5.94. The van der Waals surface area contributed by atoms with E-state index >= 15 is 0 Å². The summed E-state index contributed by atoms with van der Waals surface area (Å²) in [4.78, 5) is 35.2. The van der Waals surface area contributed by atoms with Crippen molar-refractivity contribution in [2.75, 3.05) is 26.2 Å². The predicted molar refractivity (Wildman–Crippen MR) is 150 cm³/mol. The molecule has 0 aliphatic carbocycles. The molecule has 0 bridgehead atoms. The van der Waals surface area contributed by atoms with E-state index in [-0.39, 0.29) is 5.91 Å². The number of hydrogen-bond acceptors (Lipinski definition) is 5. The van der Waals surface area contributed by atoms with Gasteiger partial charge in [0.25, 0.3) is 5.91 Å². The van der Waals surface area contributed by atoms with Crippen molar-refractivity contribution in [2.24, 2.45) is 5.41 Å². The molecule has 2 fully saturated rings. The number of carbonyl (C=O) groups is 1. The molecule has 39 heavy (non-hydrogen) atoms. The maximum Gasteiger partial charge on any atom is 0.254 e. The van der Waals surface area contributed by atoms with Gasteiger partial charge in [-0.25, -0.2) is 9.97 Å². The number of amides is 1. The van der Waals surface area contributed by atoms with Gasteiger partial charge in [-0.15, -0.1) is 0 Å². The van der Waals surface area contributed by atoms with E-state index in [4.69, 9.17) is 0 Å². The molecule has 2 N–H and O–H groups in total. The quantitative estimate of drug-likeness (QED) is 0.338. The number of piperidine rings is 1. The van der Waals surface area contributed by atoms with E-state index in [1.54, 1.807) is 29.7 Å². The monoisotopic (exact) mass is 523 g/mol. The number of aromatic nitrogens is 4. The van der Waals surface area contributed by atoms with E-state index < -0.39 is 0 Å². The molecule has 0 radical (unpaired) electrons. The number of likely N-dealkylation sites (tertiary alicyclic amines) is 2. The number of rotatable bonds is 9. The summed E-state index contributed by atoms with van der Waals surface area (Å²) in [5.41, 5.74) is 3.81. The van der Waals surface area contributed by atoms with Crippen molar-refractivity contribution in [1.82, 2.24) is 34.6 Å². The summed E-state index contributed by atoms with van der Waals surface area (Å²) >= 11 is 0. The van der Waals surface area contributed by atoms with Crippen LogP contribution in [0.2, 0.25) is 0 Å². The van der Waals surface area contributed by atoms with Crippen LogP contribution < -0.4 is 0 Å². The first-order valence-electron chi connectivity index (χ1n) is 14.0. The molecule has 1 amide bonds. The molecule has 2 aromatic carbocycles. The first-order valence-corrected chi connectivity index (χ1v) is 14.0. The first kappa shape index (κ1) is 25.5. The molecule has 8 heteroatoms. The van der Waals surface area contributed by atoms with Crippen molar-refractivity contribution in [2.45, 2.75) is 45.4 Å². The van der Waals surface area contributed by atoms with Crippen LogP contribution in [0.5, 0.6) is 0 Å². The lowest BCUT2D eigenvalue weighted by Crippen LogP contribution is -2.41. The standard InChI is InChI=1S/C31H37N7O/c39-30(38(22-28-32-13-14-33-28)23-29-34-15-16-35-29)27-8-6-26(7-9-27)21-37-19-12-31(24-37)10-17-36(18-11-31)20-25-4-2-1-3-5-25/h1-9,13-16H,10-12,17-24H2,(H,32,33)(H,34,35). The van der Waals surface area contributed by atoms with Gasteiger partial charge in [0.15, 0.2) is 0 Å². The van der Waals surface area contributed by atoms with Gasteiger partial charge in [-0.05, 0) is 67.6 Å². The van der Waals surface area contributed by atoms with Crippen molar-refractivity contribution in [3.8, 4) is 0 Å². The zero-order valence-corrected chi connectivity index (χ0v) is 22.4. The molecule has 0 atom stereocenters. The number of H-pyrrole nitrogens is 2. The Kier molecular flexibility index (Phi) is 7.56. The zero-order chi connectivity index (χ0) is 26.5. The molecular weight excluding hydrogens is 486 g/mol. The highest BCUT2D eigenvalue weighted by Crippen LogP contribution is 2.41. The lowest BCUT2D eigenvalue weighted by atomic mass is 9.77. The minimum Gasteiger partial charge on any atom is -0.347 e. The number of hydrogen-bond donors (Lipinski definition) is 2. The van der Waals surface area contributed by atoms with E-state index in [2.05, 4.69) is 72.2 Å². The maximum atomic E-state index is 13.4. The van der Waals surface area contributed by atoms with Crippen molar-refractivity contribution in [3.05, 3.63) is 108 Å². The fraction of sp³-hybridized carbons (Fsp3) is 0.387. The largest absolute Gasteiger partial charge is 0.347 e. The molecular formula is C31H37N7O. The molecule has 0 unspecified atom stereocenters. The number of benzene rings is 2. The van der Waals surface area contributed by atoms with Gasteiger partial charge in [0.1, 0.15) is 11.6 Å². The lowest BCUT2D eigenvalue weighted by molar-refractivity contribution is 0.0721. The van der Waals surface area contributed by atoms with Gasteiger partial charge in [-0.2, -0.15) is 0 Å². The molecule has 0 saturated carbocycles. The lowest BCUT2D eigenvalue weighted by Gasteiger charge is -2.39. The Hall–Kier alpha value is -3.75. The van der Waals surface area contributed by atoms with Crippen molar-refractivity contribution < 1.29 is 4.79 Å². The second kappa shape index (κ2) is 11.6. The van der Waals surface area contributed by atoms with E-state index in [0.29, 0.717) is 24.1 Å². The topological polar surface area (TPSA) is 84.2 Å². The summed E-state index contributed by atoms with van der Waals surface area (Å²) in [6.07, 6.45) is 10.8. The molecule has 202 valence electrons. The molecule has 1 spiro atoms. The highest BCUT2D eigenvalue weighted by Gasteiger charge is 2.40. The second-order valence-corrected chi connectivity index (χ2v) is 11.2. The molecule has 2 saturated heterocycles. The highest BCUT2D eigenvalue weighted by atomic mass is 16.2. The predicted octanol–water partition coefficient (Wildman–Crippen LogP) is 4.46. The average Bonchev–Trinajstić information content (AvgIpc) is 3.75. The van der Waals surface area contributed by atoms with Crippen molar-refractivity contribution in [1.29, 1.82) is 0 Å². The van der Waals surface area contributed by atoms with Crippen molar-refractivity contribution >= 4 is 5.91 Å². The van der Waals surface area contributed by atoms with Crippen LogP contribution in [-0.2, 0) is 26.2 Å². The molecule has 2 aliphatic heterocycles. The van der Waals surface area contributed by atoms with Gasteiger partial charge >= 0.3 is 0 Å². The zero-order valence-electron chi connectivity index (χ0n) is 22.4. The Bertz CT molecular complexity index is 1280. The number of nitrogens with zero attached hydrogens (tertiary/aromatic N) is 5. The van der Waals surface area contributed by atoms with Crippen molar-refractivity contribution in [3.63, 3.8) is 0 Å². The Morgan fingerprint density at radius 2 is 1.33 bits per heavy atom.